The number of rotatable bonds is 7. The van der Waals surface area contributed by atoms with Crippen molar-refractivity contribution in [2.75, 3.05) is 13.1 Å². The summed E-state index contributed by atoms with van der Waals surface area (Å²) in [6.45, 7) is 4.10. The van der Waals surface area contributed by atoms with Gasteiger partial charge >= 0.3 is 0 Å². The molecule has 1 aliphatic heterocycles. The minimum atomic E-state index is -3.76. The number of amides is 2. The first-order chi connectivity index (χ1) is 17.6. The maximum absolute atomic E-state index is 13.2. The van der Waals surface area contributed by atoms with Crippen LogP contribution in [-0.4, -0.2) is 42.5 Å². The number of piperidine rings is 1. The van der Waals surface area contributed by atoms with Gasteiger partial charge in [-0.3, -0.25) is 9.59 Å². The van der Waals surface area contributed by atoms with Crippen molar-refractivity contribution >= 4 is 33.4 Å². The number of hydrogen-bond acceptors (Lipinski definition) is 4. The fraction of sp³-hybridized carbons (Fsp3) is 0.286. The van der Waals surface area contributed by atoms with E-state index in [2.05, 4.69) is 0 Å². The highest BCUT2D eigenvalue weighted by atomic mass is 35.5. The molecule has 37 heavy (non-hydrogen) atoms. The van der Waals surface area contributed by atoms with Gasteiger partial charge in [-0.25, -0.2) is 8.42 Å². The molecule has 2 fully saturated rings. The Morgan fingerprint density at radius 3 is 1.92 bits per heavy atom. The van der Waals surface area contributed by atoms with Crippen molar-refractivity contribution in [3.8, 4) is 0 Å². The number of primary amides is 1. The van der Waals surface area contributed by atoms with Gasteiger partial charge in [-0.05, 0) is 65.8 Å². The second-order valence-corrected chi connectivity index (χ2v) is 11.8. The van der Waals surface area contributed by atoms with Crippen LogP contribution in [0.5, 0.6) is 0 Å². The molecule has 0 aromatic heterocycles. The molecule has 0 spiro atoms. The van der Waals surface area contributed by atoms with Crippen LogP contribution in [0.3, 0.4) is 0 Å². The Hall–Kier alpha value is -3.20. The number of sulfonamides is 1. The van der Waals surface area contributed by atoms with Crippen LogP contribution in [0.1, 0.15) is 34.8 Å². The van der Waals surface area contributed by atoms with Crippen molar-refractivity contribution in [1.82, 2.24) is 9.21 Å². The highest BCUT2D eigenvalue weighted by molar-refractivity contribution is 7.89. The molecule has 0 unspecified atom stereocenters. The van der Waals surface area contributed by atoms with E-state index in [1.54, 1.807) is 43.3 Å². The van der Waals surface area contributed by atoms with Gasteiger partial charge in [0.15, 0.2) is 0 Å². The summed E-state index contributed by atoms with van der Waals surface area (Å²) in [4.78, 5) is 24.1. The van der Waals surface area contributed by atoms with E-state index in [1.807, 2.05) is 35.2 Å². The average Bonchev–Trinajstić information content (AvgIpc) is 3.49. The van der Waals surface area contributed by atoms with Crippen molar-refractivity contribution in [1.29, 1.82) is 0 Å². The van der Waals surface area contributed by atoms with Crippen molar-refractivity contribution in [3.63, 3.8) is 0 Å². The molecule has 3 aromatic carbocycles. The molecule has 2 aliphatic rings. The number of nitrogens with zero attached hydrogens (tertiary/aromatic N) is 2. The summed E-state index contributed by atoms with van der Waals surface area (Å²) in [7, 11) is -3.76. The zero-order chi connectivity index (χ0) is 26.6. The van der Waals surface area contributed by atoms with Gasteiger partial charge in [0.1, 0.15) is 0 Å². The highest BCUT2D eigenvalue weighted by Crippen LogP contribution is 2.44. The Labute approximate surface area is 222 Å². The number of nitrogens with two attached hydrogens (primary N) is 1. The molecule has 2 amide bonds. The first kappa shape index (κ1) is 26.9. The van der Waals surface area contributed by atoms with Gasteiger partial charge < -0.3 is 10.6 Å². The number of hydrogen-bond donors (Lipinski definition) is 1. The predicted octanol–water partition coefficient (Wildman–Crippen LogP) is 4.31. The summed E-state index contributed by atoms with van der Waals surface area (Å²) in [6.07, 6.45) is 1.38. The Morgan fingerprint density at radius 1 is 0.892 bits per heavy atom. The van der Waals surface area contributed by atoms with Crippen LogP contribution >= 0.6 is 11.6 Å². The predicted molar refractivity (Wildman–Crippen MR) is 143 cm³/mol. The molecule has 5 rings (SSSR count). The lowest BCUT2D eigenvalue weighted by Crippen LogP contribution is -2.30. The normalized spacial score (nSPS) is 18.1. The summed E-state index contributed by atoms with van der Waals surface area (Å²) < 4.78 is 27.9. The number of likely N-dealkylation sites (tertiary alicyclic amines) is 1. The molecule has 1 saturated carbocycles. The summed E-state index contributed by atoms with van der Waals surface area (Å²) in [5, 5.41) is 0.468. The van der Waals surface area contributed by atoms with Crippen molar-refractivity contribution in [2.24, 2.45) is 17.6 Å². The number of carbonyl (C=O) groups excluding carboxylic acids is 2. The minimum absolute atomic E-state index is 0.152. The van der Waals surface area contributed by atoms with Gasteiger partial charge in [0.25, 0.3) is 0 Å². The lowest BCUT2D eigenvalue weighted by atomic mass is 10.1. The van der Waals surface area contributed by atoms with Gasteiger partial charge in [-0.2, -0.15) is 4.31 Å². The maximum Gasteiger partial charge on any atom is 0.248 e. The second-order valence-electron chi connectivity index (χ2n) is 9.45. The third-order valence-electron chi connectivity index (χ3n) is 6.67. The molecular formula is C28H30ClN3O4S. The van der Waals surface area contributed by atoms with Gasteiger partial charge in [-0.15, -0.1) is 0 Å². The number of halogens is 1. The van der Waals surface area contributed by atoms with E-state index >= 15 is 0 Å². The van der Waals surface area contributed by atoms with E-state index in [4.69, 9.17) is 17.3 Å². The number of benzene rings is 3. The zero-order valence-electron chi connectivity index (χ0n) is 20.6. The minimum Gasteiger partial charge on any atom is -0.366 e. The molecule has 1 aliphatic carbocycles. The zero-order valence-corrected chi connectivity index (χ0v) is 22.2. The van der Waals surface area contributed by atoms with E-state index in [-0.39, 0.29) is 23.9 Å². The molecule has 0 radical (unpaired) electrons. The van der Waals surface area contributed by atoms with Crippen LogP contribution in [0.25, 0.3) is 0 Å². The number of fused-ring (bicyclic) bond motifs is 1. The molecule has 194 valence electrons. The summed E-state index contributed by atoms with van der Waals surface area (Å²) in [6, 6.07) is 22.0. The Kier molecular flexibility index (Phi) is 8.32. The first-order valence-electron chi connectivity index (χ1n) is 12.1. The van der Waals surface area contributed by atoms with Crippen LogP contribution in [-0.2, 0) is 27.9 Å². The van der Waals surface area contributed by atoms with Crippen LogP contribution in [0.2, 0.25) is 5.02 Å². The third-order valence-corrected chi connectivity index (χ3v) is 8.73. The standard InChI is InChI=1S/C21H19ClN2O3S.C7H11NO/c22-19-10-12-20(13-11-19)28(26,27)24(14-16-4-2-1-3-5-16)15-17-6-8-18(9-7-17)21(23)25;1-5(9)8-3-6-2-7(6)4-8/h1-13H,14-15H2,(H2,23,25);6-7H,2-4H2,1H3/t;6-,7+. The monoisotopic (exact) mass is 539 g/mol. The van der Waals surface area contributed by atoms with E-state index in [0.717, 1.165) is 36.1 Å². The molecule has 0 bridgehead atoms. The number of carbonyl (C=O) groups is 2. The molecule has 9 heteroatoms. The first-order valence-corrected chi connectivity index (χ1v) is 13.9. The third kappa shape index (κ3) is 6.97. The van der Waals surface area contributed by atoms with Crippen LogP contribution < -0.4 is 5.73 Å². The highest BCUT2D eigenvalue weighted by Gasteiger charge is 2.45. The maximum atomic E-state index is 13.2. The van der Waals surface area contributed by atoms with Gasteiger partial charge in [0, 0.05) is 43.7 Å². The van der Waals surface area contributed by atoms with Crippen LogP contribution in [0.4, 0.5) is 0 Å². The van der Waals surface area contributed by atoms with E-state index in [1.165, 1.54) is 22.9 Å². The molecule has 7 nitrogen and oxygen atoms in total. The fourth-order valence-corrected chi connectivity index (χ4v) is 5.94. The SMILES string of the molecule is CC(=O)N1C[C@H]2C[C@H]2C1.NC(=O)c1ccc(CN(Cc2ccccc2)S(=O)(=O)c2ccc(Cl)cc2)cc1. The van der Waals surface area contributed by atoms with E-state index < -0.39 is 15.9 Å². The van der Waals surface area contributed by atoms with E-state index in [9.17, 15) is 18.0 Å². The topological polar surface area (TPSA) is 101 Å². The molecule has 2 atom stereocenters. The van der Waals surface area contributed by atoms with Gasteiger partial charge in [0.2, 0.25) is 21.8 Å². The van der Waals surface area contributed by atoms with Gasteiger partial charge in [-0.1, -0.05) is 54.1 Å². The lowest BCUT2D eigenvalue weighted by molar-refractivity contribution is -0.128. The largest absolute Gasteiger partial charge is 0.366 e. The van der Waals surface area contributed by atoms with Crippen molar-refractivity contribution in [3.05, 3.63) is 101 Å². The van der Waals surface area contributed by atoms with Crippen LogP contribution in [0.15, 0.2) is 83.8 Å². The van der Waals surface area contributed by atoms with Crippen molar-refractivity contribution < 1.29 is 18.0 Å². The second kappa shape index (κ2) is 11.5. The Morgan fingerprint density at radius 2 is 1.43 bits per heavy atom. The Bertz CT molecular complexity index is 1340. The summed E-state index contributed by atoms with van der Waals surface area (Å²) in [5.74, 6) is 1.49. The van der Waals surface area contributed by atoms with Crippen molar-refractivity contribution in [2.45, 2.75) is 31.3 Å². The quantitative estimate of drug-likeness (QED) is 0.483. The van der Waals surface area contributed by atoms with Crippen LogP contribution in [0, 0.1) is 11.8 Å². The summed E-state index contributed by atoms with van der Waals surface area (Å²) in [5.41, 5.74) is 7.26. The smallest absolute Gasteiger partial charge is 0.248 e. The molecule has 3 aromatic rings. The van der Waals surface area contributed by atoms with Gasteiger partial charge in [0.05, 0.1) is 4.90 Å². The van der Waals surface area contributed by atoms with E-state index in [0.29, 0.717) is 10.6 Å². The molecular weight excluding hydrogens is 510 g/mol. The average molecular weight is 540 g/mol. The lowest BCUT2D eigenvalue weighted by Gasteiger charge is -2.23. The molecule has 1 heterocycles. The fourth-order valence-electron chi connectivity index (χ4n) is 4.40. The Balaban J connectivity index is 0.000000295. The molecule has 2 N–H and O–H groups in total. The molecule has 1 saturated heterocycles. The summed E-state index contributed by atoms with van der Waals surface area (Å²) >= 11 is 5.90.